The number of fused-ring (bicyclic) bond motifs is 1. The molecule has 0 N–H and O–H groups in total. The number of aromatic nitrogens is 1. The van der Waals surface area contributed by atoms with Gasteiger partial charge in [0.05, 0.1) is 24.3 Å². The topological polar surface area (TPSA) is 62.6 Å². The molecule has 2 aromatic carbocycles. The number of carbonyl (C=O) groups excluding carboxylic acids is 2. The SMILES string of the molecule is C=NCc1cc(-c2ccc(F)cc2)c2ccc(CN3C(=O)CC(C)(C)CC3=O)cc2n1. The lowest BCUT2D eigenvalue weighted by molar-refractivity contribution is -0.153. The first-order chi connectivity index (χ1) is 14.8. The Morgan fingerprint density at radius 2 is 1.74 bits per heavy atom. The van der Waals surface area contributed by atoms with Crippen molar-refractivity contribution in [3.05, 3.63) is 65.6 Å². The first-order valence-corrected chi connectivity index (χ1v) is 10.2. The number of rotatable bonds is 5. The number of benzene rings is 2. The minimum atomic E-state index is -0.299. The Bertz CT molecular complexity index is 1170. The predicted molar refractivity (Wildman–Crippen MR) is 119 cm³/mol. The summed E-state index contributed by atoms with van der Waals surface area (Å²) in [7, 11) is 0. The zero-order valence-electron chi connectivity index (χ0n) is 17.7. The van der Waals surface area contributed by atoms with Gasteiger partial charge in [-0.15, -0.1) is 0 Å². The fourth-order valence-corrected chi connectivity index (χ4v) is 4.06. The van der Waals surface area contributed by atoms with Crippen molar-refractivity contribution in [3.63, 3.8) is 0 Å². The van der Waals surface area contributed by atoms with Crippen molar-refractivity contribution in [1.29, 1.82) is 0 Å². The third-order valence-electron chi connectivity index (χ3n) is 5.56. The second-order valence-electron chi connectivity index (χ2n) is 8.79. The number of nitrogens with zero attached hydrogens (tertiary/aromatic N) is 3. The molecule has 1 aromatic heterocycles. The Morgan fingerprint density at radius 1 is 1.06 bits per heavy atom. The van der Waals surface area contributed by atoms with Gasteiger partial charge in [-0.2, -0.15) is 0 Å². The van der Waals surface area contributed by atoms with E-state index < -0.39 is 0 Å². The zero-order chi connectivity index (χ0) is 22.2. The molecule has 0 radical (unpaired) electrons. The normalized spacial score (nSPS) is 16.0. The van der Waals surface area contributed by atoms with Crippen LogP contribution in [-0.4, -0.2) is 28.4 Å². The second-order valence-corrected chi connectivity index (χ2v) is 8.79. The van der Waals surface area contributed by atoms with E-state index >= 15 is 0 Å². The number of amides is 2. The molecule has 0 unspecified atom stereocenters. The molecule has 0 aliphatic carbocycles. The number of piperidine rings is 1. The molecule has 31 heavy (non-hydrogen) atoms. The van der Waals surface area contributed by atoms with Crippen LogP contribution in [0.15, 0.2) is 53.5 Å². The number of pyridine rings is 1. The molecule has 158 valence electrons. The van der Waals surface area contributed by atoms with Crippen molar-refractivity contribution in [2.24, 2.45) is 10.4 Å². The van der Waals surface area contributed by atoms with Crippen LogP contribution >= 0.6 is 0 Å². The highest BCUT2D eigenvalue weighted by Crippen LogP contribution is 2.33. The van der Waals surface area contributed by atoms with Crippen LogP contribution in [0.1, 0.15) is 37.9 Å². The van der Waals surface area contributed by atoms with Gasteiger partial charge in [-0.3, -0.25) is 24.5 Å². The Hall–Kier alpha value is -3.41. The maximum atomic E-state index is 13.4. The van der Waals surface area contributed by atoms with Crippen molar-refractivity contribution in [3.8, 4) is 11.1 Å². The molecule has 1 fully saturated rings. The van der Waals surface area contributed by atoms with Crippen LogP contribution in [0.2, 0.25) is 0 Å². The number of halogens is 1. The van der Waals surface area contributed by atoms with Crippen LogP contribution < -0.4 is 0 Å². The molecule has 1 aliphatic heterocycles. The van der Waals surface area contributed by atoms with Gasteiger partial charge in [-0.25, -0.2) is 4.39 Å². The number of hydrogen-bond donors (Lipinski definition) is 0. The Balaban J connectivity index is 1.73. The molecule has 1 aliphatic rings. The van der Waals surface area contributed by atoms with Crippen LogP contribution in [0.5, 0.6) is 0 Å². The molecule has 3 aromatic rings. The van der Waals surface area contributed by atoms with Gasteiger partial charge in [0.1, 0.15) is 5.82 Å². The summed E-state index contributed by atoms with van der Waals surface area (Å²) in [6, 6.07) is 14.0. The molecule has 0 saturated carbocycles. The number of likely N-dealkylation sites (tertiary alicyclic amines) is 1. The van der Waals surface area contributed by atoms with Gasteiger partial charge in [0.15, 0.2) is 0 Å². The van der Waals surface area contributed by atoms with Crippen molar-refractivity contribution in [2.75, 3.05) is 0 Å². The van der Waals surface area contributed by atoms with Crippen molar-refractivity contribution in [1.82, 2.24) is 9.88 Å². The van der Waals surface area contributed by atoms with E-state index in [1.165, 1.54) is 17.0 Å². The molecular formula is C25H24FN3O2. The number of aliphatic imine (C=N–C) groups is 1. The van der Waals surface area contributed by atoms with Gasteiger partial charge >= 0.3 is 0 Å². The minimum absolute atomic E-state index is 0.147. The fourth-order valence-electron chi connectivity index (χ4n) is 4.06. The van der Waals surface area contributed by atoms with Gasteiger partial charge in [-0.05, 0) is 53.1 Å². The Labute approximate surface area is 180 Å². The lowest BCUT2D eigenvalue weighted by Gasteiger charge is -2.34. The summed E-state index contributed by atoms with van der Waals surface area (Å²) in [6.45, 7) is 8.00. The predicted octanol–water partition coefficient (Wildman–Crippen LogP) is 4.92. The largest absolute Gasteiger partial charge is 0.295 e. The summed E-state index contributed by atoms with van der Waals surface area (Å²) < 4.78 is 13.4. The van der Waals surface area contributed by atoms with E-state index in [4.69, 9.17) is 0 Å². The van der Waals surface area contributed by atoms with E-state index in [0.29, 0.717) is 19.4 Å². The number of hydrogen-bond acceptors (Lipinski definition) is 4. The average molecular weight is 417 g/mol. The lowest BCUT2D eigenvalue weighted by atomic mass is 9.81. The number of carbonyl (C=O) groups is 2. The van der Waals surface area contributed by atoms with Crippen molar-refractivity contribution < 1.29 is 14.0 Å². The first-order valence-electron chi connectivity index (χ1n) is 10.2. The molecule has 0 bridgehead atoms. The highest BCUT2D eigenvalue weighted by molar-refractivity contribution is 5.99. The zero-order valence-corrected chi connectivity index (χ0v) is 17.7. The average Bonchev–Trinajstić information content (AvgIpc) is 2.70. The summed E-state index contributed by atoms with van der Waals surface area (Å²) in [5.41, 5.74) is 3.79. The van der Waals surface area contributed by atoms with Gasteiger partial charge < -0.3 is 0 Å². The van der Waals surface area contributed by atoms with Gasteiger partial charge in [-0.1, -0.05) is 38.1 Å². The number of imide groups is 1. The van der Waals surface area contributed by atoms with E-state index in [9.17, 15) is 14.0 Å². The van der Waals surface area contributed by atoms with Crippen molar-refractivity contribution in [2.45, 2.75) is 39.8 Å². The minimum Gasteiger partial charge on any atom is -0.295 e. The first kappa shape index (κ1) is 20.8. The van der Waals surface area contributed by atoms with Crippen LogP contribution in [0, 0.1) is 11.2 Å². The fraction of sp³-hybridized carbons (Fsp3) is 0.280. The van der Waals surface area contributed by atoms with Crippen LogP contribution in [0.3, 0.4) is 0 Å². The van der Waals surface area contributed by atoms with Gasteiger partial charge in [0.25, 0.3) is 0 Å². The Kier molecular flexibility index (Phi) is 5.39. The second kappa shape index (κ2) is 8.02. The van der Waals surface area contributed by atoms with Crippen molar-refractivity contribution >= 4 is 29.4 Å². The molecule has 5 nitrogen and oxygen atoms in total. The quantitative estimate of drug-likeness (QED) is 0.437. The molecule has 0 atom stereocenters. The maximum absolute atomic E-state index is 13.4. The van der Waals surface area contributed by atoms with E-state index in [0.717, 1.165) is 33.3 Å². The third-order valence-corrected chi connectivity index (χ3v) is 5.56. The van der Waals surface area contributed by atoms with Crippen LogP contribution in [0.4, 0.5) is 4.39 Å². The van der Waals surface area contributed by atoms with E-state index in [-0.39, 0.29) is 29.6 Å². The highest BCUT2D eigenvalue weighted by Gasteiger charge is 2.37. The molecule has 2 amide bonds. The van der Waals surface area contributed by atoms with E-state index in [1.807, 2.05) is 38.1 Å². The summed E-state index contributed by atoms with van der Waals surface area (Å²) in [5.74, 6) is -0.590. The van der Waals surface area contributed by atoms with Crippen LogP contribution in [0.25, 0.3) is 22.0 Å². The lowest BCUT2D eigenvalue weighted by Crippen LogP contribution is -2.45. The van der Waals surface area contributed by atoms with Gasteiger partial charge in [0.2, 0.25) is 11.8 Å². The summed E-state index contributed by atoms with van der Waals surface area (Å²) in [6.07, 6.45) is 0.711. The van der Waals surface area contributed by atoms with Crippen LogP contribution in [-0.2, 0) is 22.7 Å². The highest BCUT2D eigenvalue weighted by atomic mass is 19.1. The summed E-state index contributed by atoms with van der Waals surface area (Å²) in [4.78, 5) is 35.0. The summed E-state index contributed by atoms with van der Waals surface area (Å²) >= 11 is 0. The standard InChI is InChI=1S/C25H24FN3O2/c1-25(2)12-23(30)29(24(31)13-25)15-16-4-9-20-21(17-5-7-18(26)8-6-17)11-19(14-27-3)28-22(20)10-16/h4-11H,3,12-15H2,1-2H3. The molecule has 1 saturated heterocycles. The summed E-state index contributed by atoms with van der Waals surface area (Å²) in [5, 5.41) is 0.903. The smallest absolute Gasteiger partial charge is 0.230 e. The molecule has 2 heterocycles. The van der Waals surface area contributed by atoms with E-state index in [1.54, 1.807) is 12.1 Å². The monoisotopic (exact) mass is 417 g/mol. The molecule has 6 heteroatoms. The molecular weight excluding hydrogens is 393 g/mol. The van der Waals surface area contributed by atoms with Gasteiger partial charge in [0, 0.05) is 18.2 Å². The maximum Gasteiger partial charge on any atom is 0.230 e. The van der Waals surface area contributed by atoms with E-state index in [2.05, 4.69) is 16.7 Å². The molecule has 0 spiro atoms. The molecule has 4 rings (SSSR count). The third kappa shape index (κ3) is 4.38. The Morgan fingerprint density at radius 3 is 2.39 bits per heavy atom.